The summed E-state index contributed by atoms with van der Waals surface area (Å²) in [5, 5.41) is 0. The molecule has 0 spiro atoms. The van der Waals surface area contributed by atoms with Crippen molar-refractivity contribution in [3.05, 3.63) is 30.2 Å². The molecule has 0 amide bonds. The van der Waals surface area contributed by atoms with Crippen molar-refractivity contribution in [3.8, 4) is 0 Å². The molecule has 2 aromatic rings. The molecule has 4 heteroatoms. The Labute approximate surface area is 107 Å². The number of hydrogen-bond acceptors (Lipinski definition) is 4. The van der Waals surface area contributed by atoms with E-state index in [9.17, 15) is 0 Å². The second kappa shape index (κ2) is 4.71. The number of fused-ring (bicyclic) bond motifs is 1. The van der Waals surface area contributed by atoms with Crippen LogP contribution in [0.1, 0.15) is 24.8 Å². The van der Waals surface area contributed by atoms with Crippen LogP contribution in [0, 0.1) is 0 Å². The summed E-state index contributed by atoms with van der Waals surface area (Å²) in [6.45, 7) is 0.912. The molecule has 0 saturated heterocycles. The fourth-order valence-corrected chi connectivity index (χ4v) is 2.92. The summed E-state index contributed by atoms with van der Waals surface area (Å²) in [5.41, 5.74) is 9.16. The van der Waals surface area contributed by atoms with Gasteiger partial charge in [-0.1, -0.05) is 12.5 Å². The predicted octanol–water partition coefficient (Wildman–Crippen LogP) is 2.14. The van der Waals surface area contributed by atoms with Gasteiger partial charge in [-0.25, -0.2) is 4.98 Å². The molecule has 1 aromatic carbocycles. The molecule has 0 aliphatic heterocycles. The molecule has 0 bridgehead atoms. The van der Waals surface area contributed by atoms with Gasteiger partial charge in [0.1, 0.15) is 5.52 Å². The zero-order chi connectivity index (χ0) is 12.5. The van der Waals surface area contributed by atoms with E-state index in [1.165, 1.54) is 24.8 Å². The van der Waals surface area contributed by atoms with Gasteiger partial charge in [0.05, 0.1) is 0 Å². The summed E-state index contributed by atoms with van der Waals surface area (Å²) in [7, 11) is 2.15. The first-order chi connectivity index (χ1) is 8.74. The van der Waals surface area contributed by atoms with Gasteiger partial charge in [-0.05, 0) is 37.6 Å². The van der Waals surface area contributed by atoms with E-state index in [4.69, 9.17) is 10.2 Å². The molecule has 1 saturated carbocycles. The first kappa shape index (κ1) is 11.7. The van der Waals surface area contributed by atoms with E-state index in [0.717, 1.165) is 24.1 Å². The highest BCUT2D eigenvalue weighted by atomic mass is 16.3. The molecule has 3 rings (SSSR count). The van der Waals surface area contributed by atoms with E-state index in [-0.39, 0.29) is 0 Å². The summed E-state index contributed by atoms with van der Waals surface area (Å²) in [6, 6.07) is 7.02. The Kier molecular flexibility index (Phi) is 3.06. The maximum absolute atomic E-state index is 6.14. The number of aromatic nitrogens is 1. The first-order valence-corrected chi connectivity index (χ1v) is 6.52. The minimum absolute atomic E-state index is 0.323. The van der Waals surface area contributed by atoms with E-state index < -0.39 is 0 Å². The van der Waals surface area contributed by atoms with Crippen molar-refractivity contribution in [3.63, 3.8) is 0 Å². The van der Waals surface area contributed by atoms with Crippen molar-refractivity contribution >= 4 is 11.1 Å². The van der Waals surface area contributed by atoms with Crippen LogP contribution in [-0.4, -0.2) is 29.0 Å². The fraction of sp³-hybridized carbons (Fsp3) is 0.500. The Morgan fingerprint density at radius 1 is 1.44 bits per heavy atom. The van der Waals surface area contributed by atoms with E-state index in [1.807, 2.05) is 6.07 Å². The molecule has 2 N–H and O–H groups in total. The van der Waals surface area contributed by atoms with Gasteiger partial charge >= 0.3 is 0 Å². The number of oxazole rings is 1. The van der Waals surface area contributed by atoms with Gasteiger partial charge in [0.2, 0.25) is 0 Å². The second-order valence-corrected chi connectivity index (χ2v) is 5.23. The topological polar surface area (TPSA) is 55.3 Å². The third kappa shape index (κ3) is 2.13. The first-order valence-electron chi connectivity index (χ1n) is 6.52. The number of nitrogens with two attached hydrogens (primary N) is 1. The largest absolute Gasteiger partial charge is 0.443 e. The molecule has 1 aromatic heterocycles. The molecule has 18 heavy (non-hydrogen) atoms. The zero-order valence-corrected chi connectivity index (χ0v) is 10.7. The maximum atomic E-state index is 6.14. The summed E-state index contributed by atoms with van der Waals surface area (Å²) in [5.74, 6) is 0. The fourth-order valence-electron chi connectivity index (χ4n) is 2.92. The van der Waals surface area contributed by atoms with Gasteiger partial charge in [-0.15, -0.1) is 0 Å². The molecule has 1 aliphatic carbocycles. The van der Waals surface area contributed by atoms with Gasteiger partial charge in [0.15, 0.2) is 12.0 Å². The number of rotatable bonds is 3. The van der Waals surface area contributed by atoms with Crippen molar-refractivity contribution in [2.24, 2.45) is 5.73 Å². The smallest absolute Gasteiger partial charge is 0.181 e. The lowest BCUT2D eigenvalue weighted by Crippen LogP contribution is -2.41. The Morgan fingerprint density at radius 2 is 2.33 bits per heavy atom. The van der Waals surface area contributed by atoms with E-state index in [0.29, 0.717) is 12.1 Å². The second-order valence-electron chi connectivity index (χ2n) is 5.23. The van der Waals surface area contributed by atoms with Crippen LogP contribution in [0.3, 0.4) is 0 Å². The summed E-state index contributed by atoms with van der Waals surface area (Å²) < 4.78 is 5.33. The normalized spacial score (nSPS) is 24.2. The van der Waals surface area contributed by atoms with Crippen LogP contribution in [-0.2, 0) is 6.54 Å². The molecule has 2 atom stereocenters. The van der Waals surface area contributed by atoms with Gasteiger partial charge in [0.25, 0.3) is 0 Å². The van der Waals surface area contributed by atoms with Crippen LogP contribution in [0.5, 0.6) is 0 Å². The monoisotopic (exact) mass is 245 g/mol. The zero-order valence-electron chi connectivity index (χ0n) is 10.7. The number of nitrogens with zero attached hydrogens (tertiary/aromatic N) is 2. The Hall–Kier alpha value is -1.39. The van der Waals surface area contributed by atoms with Crippen molar-refractivity contribution in [2.45, 2.75) is 37.9 Å². The van der Waals surface area contributed by atoms with Crippen LogP contribution in [0.15, 0.2) is 29.0 Å². The number of likely N-dealkylation sites (N-methyl/N-ethyl adjacent to an activating group) is 1. The van der Waals surface area contributed by atoms with Crippen LogP contribution < -0.4 is 5.73 Å². The SMILES string of the molecule is CN(Cc1ccc2ncoc2c1)C1CCCC1N. The molecule has 0 radical (unpaired) electrons. The number of hydrogen-bond donors (Lipinski definition) is 1. The van der Waals surface area contributed by atoms with E-state index >= 15 is 0 Å². The van der Waals surface area contributed by atoms with Crippen LogP contribution in [0.25, 0.3) is 11.1 Å². The predicted molar refractivity (Wildman–Crippen MR) is 71.1 cm³/mol. The van der Waals surface area contributed by atoms with Gasteiger partial charge in [-0.2, -0.15) is 0 Å². The van der Waals surface area contributed by atoms with Gasteiger partial charge in [0, 0.05) is 18.6 Å². The van der Waals surface area contributed by atoms with Crippen molar-refractivity contribution in [2.75, 3.05) is 7.05 Å². The van der Waals surface area contributed by atoms with Gasteiger partial charge in [-0.3, -0.25) is 4.90 Å². The average Bonchev–Trinajstić information content (AvgIpc) is 2.96. The van der Waals surface area contributed by atoms with Crippen LogP contribution in [0.2, 0.25) is 0 Å². The minimum atomic E-state index is 0.323. The third-order valence-electron chi connectivity index (χ3n) is 3.93. The summed E-state index contributed by atoms with van der Waals surface area (Å²) in [6.07, 6.45) is 5.10. The van der Waals surface area contributed by atoms with Crippen LogP contribution >= 0.6 is 0 Å². The maximum Gasteiger partial charge on any atom is 0.181 e. The van der Waals surface area contributed by atoms with Crippen molar-refractivity contribution in [1.82, 2.24) is 9.88 Å². The Balaban J connectivity index is 1.74. The van der Waals surface area contributed by atoms with Gasteiger partial charge < -0.3 is 10.2 Å². The summed E-state index contributed by atoms with van der Waals surface area (Å²) in [4.78, 5) is 6.48. The molecule has 1 heterocycles. The Morgan fingerprint density at radius 3 is 3.11 bits per heavy atom. The van der Waals surface area contributed by atoms with E-state index in [2.05, 4.69) is 29.1 Å². The summed E-state index contributed by atoms with van der Waals surface area (Å²) >= 11 is 0. The molecule has 96 valence electrons. The lowest BCUT2D eigenvalue weighted by Gasteiger charge is -2.27. The number of benzene rings is 1. The van der Waals surface area contributed by atoms with Crippen LogP contribution in [0.4, 0.5) is 0 Å². The van der Waals surface area contributed by atoms with Crippen molar-refractivity contribution in [1.29, 1.82) is 0 Å². The minimum Gasteiger partial charge on any atom is -0.443 e. The molecule has 1 aliphatic rings. The van der Waals surface area contributed by atoms with Crippen molar-refractivity contribution < 1.29 is 4.42 Å². The third-order valence-corrected chi connectivity index (χ3v) is 3.93. The standard InChI is InChI=1S/C14H19N3O/c1-17(13-4-2-3-11(13)15)8-10-5-6-12-14(7-10)18-9-16-12/h5-7,9,11,13H,2-4,8,15H2,1H3. The molecule has 4 nitrogen and oxygen atoms in total. The molecular weight excluding hydrogens is 226 g/mol. The molecule has 2 unspecified atom stereocenters. The highest BCUT2D eigenvalue weighted by molar-refractivity contribution is 5.72. The average molecular weight is 245 g/mol. The lowest BCUT2D eigenvalue weighted by atomic mass is 10.1. The highest BCUT2D eigenvalue weighted by Gasteiger charge is 2.27. The molecular formula is C14H19N3O. The lowest BCUT2D eigenvalue weighted by molar-refractivity contribution is 0.220. The quantitative estimate of drug-likeness (QED) is 0.900. The molecule has 1 fully saturated rings. The van der Waals surface area contributed by atoms with E-state index in [1.54, 1.807) is 0 Å². The highest BCUT2D eigenvalue weighted by Crippen LogP contribution is 2.23. The Bertz CT molecular complexity index is 537.